The summed E-state index contributed by atoms with van der Waals surface area (Å²) in [6.07, 6.45) is -3.17. The van der Waals surface area contributed by atoms with Crippen molar-refractivity contribution in [2.24, 2.45) is 5.10 Å². The Morgan fingerprint density at radius 3 is 2.00 bits per heavy atom. The van der Waals surface area contributed by atoms with Crippen molar-refractivity contribution in [1.29, 1.82) is 0 Å². The minimum Gasteiger partial charge on any atom is -0.493 e. The highest BCUT2D eigenvalue weighted by atomic mass is 19.4. The van der Waals surface area contributed by atoms with Gasteiger partial charge >= 0.3 is 6.18 Å². The minimum atomic E-state index is -4.41. The number of methoxy groups -OCH3 is 3. The second-order valence-corrected chi connectivity index (χ2v) is 5.23. The fourth-order valence-corrected chi connectivity index (χ4v) is 2.20. The predicted molar refractivity (Wildman–Crippen MR) is 92.6 cm³/mol. The van der Waals surface area contributed by atoms with Crippen LogP contribution in [0.4, 0.5) is 13.2 Å². The molecule has 1 N–H and O–H groups in total. The quantitative estimate of drug-likeness (QED) is 0.613. The number of hydrazone groups is 1. The van der Waals surface area contributed by atoms with Gasteiger partial charge in [-0.15, -0.1) is 0 Å². The Balaban J connectivity index is 2.12. The number of nitrogens with zero attached hydrogens (tertiary/aromatic N) is 1. The van der Waals surface area contributed by atoms with E-state index in [1.54, 1.807) is 0 Å². The van der Waals surface area contributed by atoms with Gasteiger partial charge in [-0.25, -0.2) is 5.43 Å². The smallest absolute Gasteiger partial charge is 0.416 e. The first-order chi connectivity index (χ1) is 12.8. The zero-order valence-electron chi connectivity index (χ0n) is 14.8. The van der Waals surface area contributed by atoms with Crippen molar-refractivity contribution >= 4 is 12.1 Å². The molecular weight excluding hydrogens is 365 g/mol. The molecule has 0 heterocycles. The topological polar surface area (TPSA) is 69.2 Å². The van der Waals surface area contributed by atoms with E-state index in [2.05, 4.69) is 10.5 Å². The van der Waals surface area contributed by atoms with Gasteiger partial charge < -0.3 is 14.2 Å². The van der Waals surface area contributed by atoms with Crippen LogP contribution in [0.15, 0.2) is 41.5 Å². The number of ether oxygens (including phenoxy) is 3. The number of carbonyl (C=O) groups is 1. The number of halogens is 3. The lowest BCUT2D eigenvalue weighted by Gasteiger charge is -2.13. The number of nitrogens with one attached hydrogen (secondary N) is 1. The zero-order valence-corrected chi connectivity index (χ0v) is 14.8. The van der Waals surface area contributed by atoms with Crippen LogP contribution in [0.25, 0.3) is 0 Å². The maximum atomic E-state index is 12.5. The number of hydrogen-bond donors (Lipinski definition) is 1. The van der Waals surface area contributed by atoms with Crippen LogP contribution in [-0.2, 0) is 6.18 Å². The van der Waals surface area contributed by atoms with Gasteiger partial charge in [-0.3, -0.25) is 4.79 Å². The molecule has 0 radical (unpaired) electrons. The lowest BCUT2D eigenvalue weighted by Crippen LogP contribution is -2.18. The molecule has 144 valence electrons. The van der Waals surface area contributed by atoms with Gasteiger partial charge in [0.25, 0.3) is 5.91 Å². The van der Waals surface area contributed by atoms with Crippen LogP contribution in [-0.4, -0.2) is 33.5 Å². The molecule has 9 heteroatoms. The molecule has 2 aromatic rings. The summed E-state index contributed by atoms with van der Waals surface area (Å²) < 4.78 is 53.1. The minimum absolute atomic E-state index is 0.203. The SMILES string of the molecule is COc1cc(C(=O)N/N=C/c2ccc(C(F)(F)F)cc2)cc(OC)c1OC. The van der Waals surface area contributed by atoms with Gasteiger partial charge in [-0.05, 0) is 29.8 Å². The van der Waals surface area contributed by atoms with E-state index >= 15 is 0 Å². The van der Waals surface area contributed by atoms with Crippen LogP contribution in [0, 0.1) is 0 Å². The van der Waals surface area contributed by atoms with Crippen molar-refractivity contribution < 1.29 is 32.2 Å². The van der Waals surface area contributed by atoms with Gasteiger partial charge in [0, 0.05) is 5.56 Å². The number of amides is 1. The molecular formula is C18H17F3N2O4. The molecule has 1 amide bonds. The largest absolute Gasteiger partial charge is 0.493 e. The summed E-state index contributed by atoms with van der Waals surface area (Å²) in [5.74, 6) is 0.379. The summed E-state index contributed by atoms with van der Waals surface area (Å²) in [7, 11) is 4.28. The summed E-state index contributed by atoms with van der Waals surface area (Å²) in [6.45, 7) is 0. The van der Waals surface area contributed by atoms with Crippen LogP contribution in [0.1, 0.15) is 21.5 Å². The van der Waals surface area contributed by atoms with E-state index in [-0.39, 0.29) is 5.56 Å². The average Bonchev–Trinajstić information content (AvgIpc) is 2.66. The van der Waals surface area contributed by atoms with Crippen LogP contribution in [0.2, 0.25) is 0 Å². The fourth-order valence-electron chi connectivity index (χ4n) is 2.20. The van der Waals surface area contributed by atoms with E-state index in [0.717, 1.165) is 12.1 Å². The van der Waals surface area contributed by atoms with Gasteiger partial charge in [0.2, 0.25) is 5.75 Å². The van der Waals surface area contributed by atoms with Crippen LogP contribution >= 0.6 is 0 Å². The molecule has 0 spiro atoms. The second-order valence-electron chi connectivity index (χ2n) is 5.23. The number of carbonyl (C=O) groups excluding carboxylic acids is 1. The van der Waals surface area contributed by atoms with Crippen molar-refractivity contribution in [2.75, 3.05) is 21.3 Å². The molecule has 27 heavy (non-hydrogen) atoms. The van der Waals surface area contributed by atoms with Crippen LogP contribution < -0.4 is 19.6 Å². The highest BCUT2D eigenvalue weighted by Crippen LogP contribution is 2.38. The molecule has 0 atom stereocenters. The van der Waals surface area contributed by atoms with Gasteiger partial charge in [-0.2, -0.15) is 18.3 Å². The number of benzene rings is 2. The molecule has 6 nitrogen and oxygen atoms in total. The zero-order chi connectivity index (χ0) is 20.0. The summed E-state index contributed by atoms with van der Waals surface area (Å²) in [5, 5.41) is 3.74. The molecule has 0 saturated carbocycles. The van der Waals surface area contributed by atoms with Gasteiger partial charge in [0.1, 0.15) is 0 Å². The van der Waals surface area contributed by atoms with Gasteiger partial charge in [0.05, 0.1) is 33.1 Å². The average molecular weight is 382 g/mol. The van der Waals surface area contributed by atoms with Crippen molar-refractivity contribution in [3.8, 4) is 17.2 Å². The Labute approximate surface area is 153 Å². The van der Waals surface area contributed by atoms with E-state index in [1.807, 2.05) is 0 Å². The highest BCUT2D eigenvalue weighted by Gasteiger charge is 2.29. The third kappa shape index (κ3) is 4.90. The summed E-state index contributed by atoms with van der Waals surface area (Å²) in [5.41, 5.74) is 2.13. The normalized spacial score (nSPS) is 11.3. The molecule has 0 aromatic heterocycles. The molecule has 0 saturated heterocycles. The van der Waals surface area contributed by atoms with Crippen LogP contribution in [0.3, 0.4) is 0 Å². The Kier molecular flexibility index (Phi) is 6.27. The third-order valence-electron chi connectivity index (χ3n) is 3.54. The Morgan fingerprint density at radius 1 is 1.00 bits per heavy atom. The van der Waals surface area contributed by atoms with E-state index in [0.29, 0.717) is 22.8 Å². The Morgan fingerprint density at radius 2 is 1.56 bits per heavy atom. The van der Waals surface area contributed by atoms with E-state index in [4.69, 9.17) is 14.2 Å². The summed E-state index contributed by atoms with van der Waals surface area (Å²) in [6, 6.07) is 7.26. The predicted octanol–water partition coefficient (Wildman–Crippen LogP) is 3.50. The first-order valence-corrected chi connectivity index (χ1v) is 7.60. The fraction of sp³-hybridized carbons (Fsp3) is 0.222. The van der Waals surface area contributed by atoms with E-state index in [1.165, 1.54) is 51.8 Å². The van der Waals surface area contributed by atoms with Crippen molar-refractivity contribution in [1.82, 2.24) is 5.43 Å². The highest BCUT2D eigenvalue weighted by molar-refractivity contribution is 5.96. The molecule has 0 aliphatic carbocycles. The van der Waals surface area contributed by atoms with Crippen LogP contribution in [0.5, 0.6) is 17.2 Å². The number of rotatable bonds is 6. The maximum absolute atomic E-state index is 12.5. The third-order valence-corrected chi connectivity index (χ3v) is 3.54. The molecule has 0 unspecified atom stereocenters. The molecule has 0 aliphatic rings. The summed E-state index contributed by atoms with van der Waals surface area (Å²) in [4.78, 5) is 12.2. The van der Waals surface area contributed by atoms with Gasteiger partial charge in [-0.1, -0.05) is 12.1 Å². The standard InChI is InChI=1S/C18H17F3N2O4/c1-25-14-8-12(9-15(26-2)16(14)27-3)17(24)23-22-10-11-4-6-13(7-5-11)18(19,20)21/h4-10H,1-3H3,(H,23,24)/b22-10+. The van der Waals surface area contributed by atoms with Crippen molar-refractivity contribution in [3.05, 3.63) is 53.1 Å². The maximum Gasteiger partial charge on any atom is 0.416 e. The van der Waals surface area contributed by atoms with Gasteiger partial charge in [0.15, 0.2) is 11.5 Å². The first kappa shape index (κ1) is 20.1. The van der Waals surface area contributed by atoms with E-state index < -0.39 is 17.6 Å². The lowest BCUT2D eigenvalue weighted by atomic mass is 10.1. The molecule has 0 bridgehead atoms. The molecule has 0 aliphatic heterocycles. The first-order valence-electron chi connectivity index (χ1n) is 7.60. The Bertz CT molecular complexity index is 808. The van der Waals surface area contributed by atoms with Crippen molar-refractivity contribution in [3.63, 3.8) is 0 Å². The molecule has 2 rings (SSSR count). The summed E-state index contributed by atoms with van der Waals surface area (Å²) >= 11 is 0. The number of hydrogen-bond acceptors (Lipinski definition) is 5. The lowest BCUT2D eigenvalue weighted by molar-refractivity contribution is -0.137. The van der Waals surface area contributed by atoms with E-state index in [9.17, 15) is 18.0 Å². The monoisotopic (exact) mass is 382 g/mol. The molecule has 0 fully saturated rings. The number of alkyl halides is 3. The Hall–Kier alpha value is -3.23. The molecule has 2 aromatic carbocycles. The second kappa shape index (κ2) is 8.43. The van der Waals surface area contributed by atoms with Crippen molar-refractivity contribution in [2.45, 2.75) is 6.18 Å².